The Labute approximate surface area is 199 Å². The summed E-state index contributed by atoms with van der Waals surface area (Å²) in [5.41, 5.74) is 4.76. The van der Waals surface area contributed by atoms with E-state index in [1.165, 1.54) is 29.7 Å². The summed E-state index contributed by atoms with van der Waals surface area (Å²) in [5, 5.41) is 0. The molecule has 2 unspecified atom stereocenters. The van der Waals surface area contributed by atoms with Gasteiger partial charge >= 0.3 is 0 Å². The van der Waals surface area contributed by atoms with Gasteiger partial charge in [0.2, 0.25) is 0 Å². The van der Waals surface area contributed by atoms with Crippen molar-refractivity contribution >= 4 is 5.71 Å². The van der Waals surface area contributed by atoms with Crippen molar-refractivity contribution in [3.63, 3.8) is 0 Å². The van der Waals surface area contributed by atoms with E-state index in [1.54, 1.807) is 7.11 Å². The largest absolute Gasteiger partial charge is 0.502 e. The fourth-order valence-corrected chi connectivity index (χ4v) is 3.93. The van der Waals surface area contributed by atoms with Crippen LogP contribution in [0.4, 0.5) is 0 Å². The van der Waals surface area contributed by atoms with Gasteiger partial charge in [0.05, 0.1) is 25.5 Å². The number of unbranched alkanes of at least 4 members (excludes halogenated alkanes) is 1. The lowest BCUT2D eigenvalue weighted by Gasteiger charge is -2.32. The predicted octanol–water partition coefficient (Wildman–Crippen LogP) is 6.48. The fraction of sp³-hybridized carbons (Fsp3) is 0.483. The third-order valence-electron chi connectivity index (χ3n) is 6.77. The van der Waals surface area contributed by atoms with Crippen LogP contribution in [-0.4, -0.2) is 38.7 Å². The van der Waals surface area contributed by atoms with E-state index in [1.807, 2.05) is 12.2 Å². The third-order valence-corrected chi connectivity index (χ3v) is 6.77. The standard InChI is InChI=1S/C29H39NO3/c1-22(10-11-24(3)33-21-28-17-19-32-28)29(4,18-16-23(2)31-5)26-14-12-25(13-15-26)8-6-7-9-27-20-30-27/h10-15,28H,1-3,6-9,16-21H2,4-5H3/b11-10-. The molecule has 1 aromatic rings. The zero-order valence-corrected chi connectivity index (χ0v) is 20.4. The maximum absolute atomic E-state index is 5.72. The quantitative estimate of drug-likeness (QED) is 0.165. The lowest BCUT2D eigenvalue weighted by molar-refractivity contribution is -0.0820. The van der Waals surface area contributed by atoms with Crippen LogP contribution in [0.5, 0.6) is 0 Å². The molecule has 0 spiro atoms. The zero-order valence-electron chi connectivity index (χ0n) is 20.4. The molecule has 2 atom stereocenters. The second-order valence-electron chi connectivity index (χ2n) is 9.28. The smallest absolute Gasteiger partial charge is 0.114 e. The molecule has 2 aliphatic rings. The first-order valence-corrected chi connectivity index (χ1v) is 12.0. The molecule has 2 aliphatic heterocycles. The van der Waals surface area contributed by atoms with Gasteiger partial charge in [-0.25, -0.2) is 0 Å². The van der Waals surface area contributed by atoms with E-state index in [4.69, 9.17) is 14.2 Å². The molecule has 0 radical (unpaired) electrons. The number of aryl methyl sites for hydroxylation is 1. The normalized spacial score (nSPS) is 18.7. The highest BCUT2D eigenvalue weighted by atomic mass is 16.5. The first-order chi connectivity index (χ1) is 15.9. The number of allylic oxidation sites excluding steroid dienone is 4. The average molecular weight is 450 g/mol. The number of rotatable bonds is 16. The Kier molecular flexibility index (Phi) is 9.13. The third kappa shape index (κ3) is 7.75. The molecule has 1 aromatic carbocycles. The van der Waals surface area contributed by atoms with E-state index >= 15 is 0 Å². The Morgan fingerprint density at radius 3 is 2.45 bits per heavy atom. The molecule has 33 heavy (non-hydrogen) atoms. The van der Waals surface area contributed by atoms with E-state index in [0.29, 0.717) is 12.4 Å². The summed E-state index contributed by atoms with van der Waals surface area (Å²) in [5.74, 6) is 1.41. The Balaban J connectivity index is 1.62. The Morgan fingerprint density at radius 1 is 1.15 bits per heavy atom. The monoisotopic (exact) mass is 449 g/mol. The van der Waals surface area contributed by atoms with Gasteiger partial charge in [0.1, 0.15) is 12.4 Å². The van der Waals surface area contributed by atoms with Gasteiger partial charge in [-0.1, -0.05) is 57.0 Å². The Bertz CT molecular complexity index is 892. The summed E-state index contributed by atoms with van der Waals surface area (Å²) in [4.78, 5) is 4.26. The highest BCUT2D eigenvalue weighted by Crippen LogP contribution is 2.38. The van der Waals surface area contributed by atoms with Gasteiger partial charge in [-0.2, -0.15) is 0 Å². The van der Waals surface area contributed by atoms with Gasteiger partial charge in [0.15, 0.2) is 0 Å². The van der Waals surface area contributed by atoms with Crippen LogP contribution in [0.3, 0.4) is 0 Å². The molecule has 4 heteroatoms. The Morgan fingerprint density at radius 2 is 1.85 bits per heavy atom. The molecular weight excluding hydrogens is 410 g/mol. The minimum absolute atomic E-state index is 0.199. The number of hydrogen-bond acceptors (Lipinski definition) is 4. The fourth-order valence-electron chi connectivity index (χ4n) is 3.93. The van der Waals surface area contributed by atoms with Crippen molar-refractivity contribution in [1.29, 1.82) is 0 Å². The molecule has 178 valence electrons. The van der Waals surface area contributed by atoms with Crippen molar-refractivity contribution in [2.45, 2.75) is 63.4 Å². The van der Waals surface area contributed by atoms with Crippen LogP contribution in [0.2, 0.25) is 0 Å². The lowest BCUT2D eigenvalue weighted by Crippen LogP contribution is -2.31. The number of ether oxygens (including phenoxy) is 3. The molecule has 0 amide bonds. The van der Waals surface area contributed by atoms with Crippen LogP contribution in [0.15, 0.2) is 78.2 Å². The van der Waals surface area contributed by atoms with Crippen LogP contribution < -0.4 is 0 Å². The van der Waals surface area contributed by atoms with E-state index in [-0.39, 0.29) is 11.5 Å². The lowest BCUT2D eigenvalue weighted by atomic mass is 9.72. The van der Waals surface area contributed by atoms with Gasteiger partial charge in [0.25, 0.3) is 0 Å². The first-order valence-electron chi connectivity index (χ1n) is 12.0. The number of hydrogen-bond donors (Lipinski definition) is 0. The maximum atomic E-state index is 5.72. The summed E-state index contributed by atoms with van der Waals surface area (Å²) in [6.45, 7) is 17.0. The second kappa shape index (κ2) is 12.0. The molecule has 2 heterocycles. The van der Waals surface area contributed by atoms with Crippen LogP contribution in [0.1, 0.15) is 56.6 Å². The number of methoxy groups -OCH3 is 1. The molecule has 0 N–H and O–H groups in total. The van der Waals surface area contributed by atoms with Gasteiger partial charge < -0.3 is 14.2 Å². The number of benzene rings is 1. The molecule has 0 aromatic heterocycles. The summed E-state index contributed by atoms with van der Waals surface area (Å²) < 4.78 is 16.5. The zero-order chi connectivity index (χ0) is 23.7. The van der Waals surface area contributed by atoms with Crippen molar-refractivity contribution in [2.24, 2.45) is 4.99 Å². The Hall–Kier alpha value is -2.59. The van der Waals surface area contributed by atoms with Crippen molar-refractivity contribution in [2.75, 3.05) is 26.9 Å². The molecule has 0 aliphatic carbocycles. The predicted molar refractivity (Wildman–Crippen MR) is 137 cm³/mol. The summed E-state index contributed by atoms with van der Waals surface area (Å²) in [6, 6.07) is 9.00. The van der Waals surface area contributed by atoms with Gasteiger partial charge in [-0.3, -0.25) is 4.99 Å². The van der Waals surface area contributed by atoms with Crippen LogP contribution >= 0.6 is 0 Å². The van der Waals surface area contributed by atoms with E-state index < -0.39 is 0 Å². The molecule has 1 saturated heterocycles. The number of aliphatic imine (C=N–C) groups is 1. The highest BCUT2D eigenvalue weighted by Gasteiger charge is 2.29. The van der Waals surface area contributed by atoms with Crippen molar-refractivity contribution in [3.05, 3.63) is 84.4 Å². The first kappa shape index (κ1) is 25.0. The molecular formula is C29H39NO3. The topological polar surface area (TPSA) is 40.0 Å². The van der Waals surface area contributed by atoms with Gasteiger partial charge in [-0.05, 0) is 54.9 Å². The van der Waals surface area contributed by atoms with Crippen LogP contribution in [-0.2, 0) is 26.0 Å². The number of nitrogens with zero attached hydrogens (tertiary/aromatic N) is 1. The minimum Gasteiger partial charge on any atom is -0.502 e. The SMILES string of the molecule is C=C(/C=C\C(=C)C(C)(CCC(=C)OC)c1ccc(CCCCC2=NC2)cc1)OCC1CCO1. The molecule has 0 bridgehead atoms. The van der Waals surface area contributed by atoms with Crippen molar-refractivity contribution in [3.8, 4) is 0 Å². The molecule has 3 rings (SSSR count). The van der Waals surface area contributed by atoms with Crippen LogP contribution in [0.25, 0.3) is 0 Å². The second-order valence-corrected chi connectivity index (χ2v) is 9.28. The molecule has 4 nitrogen and oxygen atoms in total. The van der Waals surface area contributed by atoms with E-state index in [9.17, 15) is 0 Å². The maximum Gasteiger partial charge on any atom is 0.114 e. The summed E-state index contributed by atoms with van der Waals surface area (Å²) in [6.07, 6.45) is 11.5. The molecule has 0 saturated carbocycles. The average Bonchev–Trinajstić information content (AvgIpc) is 3.62. The minimum atomic E-state index is -0.252. The molecule has 1 fully saturated rings. The van der Waals surface area contributed by atoms with Crippen molar-refractivity contribution < 1.29 is 14.2 Å². The van der Waals surface area contributed by atoms with E-state index in [2.05, 4.69) is 55.9 Å². The summed E-state index contributed by atoms with van der Waals surface area (Å²) >= 11 is 0. The van der Waals surface area contributed by atoms with Gasteiger partial charge in [0, 0.05) is 30.6 Å². The summed E-state index contributed by atoms with van der Waals surface area (Å²) in [7, 11) is 1.67. The van der Waals surface area contributed by atoms with E-state index in [0.717, 1.165) is 56.6 Å². The van der Waals surface area contributed by atoms with Crippen LogP contribution in [0, 0.1) is 0 Å². The van der Waals surface area contributed by atoms with Gasteiger partial charge in [-0.15, -0.1) is 0 Å². The van der Waals surface area contributed by atoms with Crippen molar-refractivity contribution in [1.82, 2.24) is 0 Å². The highest BCUT2D eigenvalue weighted by molar-refractivity contribution is 5.96.